The van der Waals surface area contributed by atoms with Gasteiger partial charge in [-0.1, -0.05) is 0 Å². The predicted octanol–water partition coefficient (Wildman–Crippen LogP) is 1.98. The maximum atomic E-state index is 11.9. The number of benzene rings is 1. The van der Waals surface area contributed by atoms with Crippen molar-refractivity contribution in [3.05, 3.63) is 18.2 Å². The third-order valence-corrected chi connectivity index (χ3v) is 4.09. The monoisotopic (exact) mass is 333 g/mol. The number of nitrogens with one attached hydrogen (secondary N) is 2. The van der Waals surface area contributed by atoms with Gasteiger partial charge in [-0.3, -0.25) is 4.79 Å². The minimum atomic E-state index is -0.335. The van der Waals surface area contributed by atoms with Crippen LogP contribution in [0.5, 0.6) is 11.5 Å². The van der Waals surface area contributed by atoms with E-state index in [4.69, 9.17) is 9.47 Å². The van der Waals surface area contributed by atoms with E-state index in [-0.39, 0.29) is 11.9 Å². The van der Waals surface area contributed by atoms with Crippen molar-refractivity contribution in [2.24, 2.45) is 0 Å². The molecule has 7 heteroatoms. The first-order valence-corrected chi connectivity index (χ1v) is 8.45. The summed E-state index contributed by atoms with van der Waals surface area (Å²) in [6.45, 7) is 3.22. The van der Waals surface area contributed by atoms with Crippen molar-refractivity contribution in [3.63, 3.8) is 0 Å². The lowest BCUT2D eigenvalue weighted by Crippen LogP contribution is -2.34. The summed E-state index contributed by atoms with van der Waals surface area (Å²) in [5, 5.41) is 5.45. The molecule has 0 radical (unpaired) electrons. The van der Waals surface area contributed by atoms with Crippen LogP contribution in [-0.2, 0) is 4.79 Å². The molecule has 7 nitrogen and oxygen atoms in total. The zero-order chi connectivity index (χ0) is 16.8. The Bertz CT molecular complexity index is 599. The van der Waals surface area contributed by atoms with Gasteiger partial charge in [0.25, 0.3) is 0 Å². The number of urea groups is 1. The van der Waals surface area contributed by atoms with E-state index in [1.807, 2.05) is 4.90 Å². The SMILES string of the molecule is O=C(NCCC(=O)N1CCCC1)Nc1ccc2c(c1)OCCCO2. The molecule has 1 saturated heterocycles. The molecule has 1 aromatic rings. The summed E-state index contributed by atoms with van der Waals surface area (Å²) in [5.41, 5.74) is 0.627. The van der Waals surface area contributed by atoms with Crippen LogP contribution in [0.15, 0.2) is 18.2 Å². The Labute approximate surface area is 141 Å². The fourth-order valence-corrected chi connectivity index (χ4v) is 2.82. The van der Waals surface area contributed by atoms with E-state index in [0.29, 0.717) is 43.4 Å². The van der Waals surface area contributed by atoms with Crippen molar-refractivity contribution in [2.45, 2.75) is 25.7 Å². The van der Waals surface area contributed by atoms with Crippen molar-refractivity contribution in [1.29, 1.82) is 0 Å². The molecule has 2 heterocycles. The first-order chi connectivity index (χ1) is 11.7. The number of anilines is 1. The average Bonchev–Trinajstić information content (AvgIpc) is 3.01. The predicted molar refractivity (Wildman–Crippen MR) is 89.5 cm³/mol. The number of hydrogen-bond acceptors (Lipinski definition) is 4. The third-order valence-electron chi connectivity index (χ3n) is 4.09. The first-order valence-electron chi connectivity index (χ1n) is 8.45. The summed E-state index contributed by atoms with van der Waals surface area (Å²) >= 11 is 0. The van der Waals surface area contributed by atoms with E-state index in [1.165, 1.54) is 0 Å². The molecule has 24 heavy (non-hydrogen) atoms. The number of likely N-dealkylation sites (tertiary alicyclic amines) is 1. The molecule has 2 N–H and O–H groups in total. The Kier molecular flexibility index (Phi) is 5.40. The van der Waals surface area contributed by atoms with Gasteiger partial charge < -0.3 is 25.0 Å². The molecular weight excluding hydrogens is 310 g/mol. The van der Waals surface area contributed by atoms with Crippen LogP contribution in [0.2, 0.25) is 0 Å². The highest BCUT2D eigenvalue weighted by atomic mass is 16.5. The van der Waals surface area contributed by atoms with Gasteiger partial charge in [-0.25, -0.2) is 4.79 Å². The molecule has 0 aromatic heterocycles. The summed E-state index contributed by atoms with van der Waals surface area (Å²) in [6, 6.07) is 4.96. The first kappa shape index (κ1) is 16.4. The van der Waals surface area contributed by atoms with Crippen molar-refractivity contribution in [2.75, 3.05) is 38.2 Å². The molecule has 0 aliphatic carbocycles. The Morgan fingerprint density at radius 1 is 1.04 bits per heavy atom. The number of rotatable bonds is 4. The second kappa shape index (κ2) is 7.90. The van der Waals surface area contributed by atoms with Crippen molar-refractivity contribution >= 4 is 17.6 Å². The fourth-order valence-electron chi connectivity index (χ4n) is 2.82. The lowest BCUT2D eigenvalue weighted by molar-refractivity contribution is -0.129. The van der Waals surface area contributed by atoms with E-state index >= 15 is 0 Å². The van der Waals surface area contributed by atoms with Gasteiger partial charge in [-0.2, -0.15) is 0 Å². The van der Waals surface area contributed by atoms with Crippen molar-refractivity contribution in [3.8, 4) is 11.5 Å². The van der Waals surface area contributed by atoms with Crippen LogP contribution in [0.25, 0.3) is 0 Å². The Morgan fingerprint density at radius 2 is 1.79 bits per heavy atom. The molecule has 0 spiro atoms. The lowest BCUT2D eigenvalue weighted by atomic mass is 10.3. The highest BCUT2D eigenvalue weighted by molar-refractivity contribution is 5.90. The lowest BCUT2D eigenvalue weighted by Gasteiger charge is -2.15. The van der Waals surface area contributed by atoms with E-state index in [9.17, 15) is 9.59 Å². The number of amides is 3. The molecular formula is C17H23N3O4. The smallest absolute Gasteiger partial charge is 0.319 e. The Balaban J connectivity index is 1.44. The topological polar surface area (TPSA) is 79.9 Å². The van der Waals surface area contributed by atoms with Gasteiger partial charge >= 0.3 is 6.03 Å². The summed E-state index contributed by atoms with van der Waals surface area (Å²) < 4.78 is 11.1. The Hall–Kier alpha value is -2.44. The second-order valence-electron chi connectivity index (χ2n) is 5.93. The molecule has 2 aliphatic rings. The molecule has 0 bridgehead atoms. The molecule has 3 rings (SSSR count). The summed E-state index contributed by atoms with van der Waals surface area (Å²) in [7, 11) is 0. The zero-order valence-electron chi connectivity index (χ0n) is 13.7. The van der Waals surface area contributed by atoms with Gasteiger partial charge in [0.1, 0.15) is 0 Å². The van der Waals surface area contributed by atoms with Crippen LogP contribution < -0.4 is 20.1 Å². The molecule has 130 valence electrons. The van der Waals surface area contributed by atoms with Crippen LogP contribution in [0.4, 0.5) is 10.5 Å². The Morgan fingerprint density at radius 3 is 2.58 bits per heavy atom. The summed E-state index contributed by atoms with van der Waals surface area (Å²) in [5.74, 6) is 1.42. The fraction of sp³-hybridized carbons (Fsp3) is 0.529. The highest BCUT2D eigenvalue weighted by Gasteiger charge is 2.17. The average molecular weight is 333 g/mol. The minimum Gasteiger partial charge on any atom is -0.490 e. The van der Waals surface area contributed by atoms with Crippen LogP contribution in [0.1, 0.15) is 25.7 Å². The summed E-state index contributed by atoms with van der Waals surface area (Å²) in [4.78, 5) is 25.7. The maximum Gasteiger partial charge on any atom is 0.319 e. The number of carbonyl (C=O) groups excluding carboxylic acids is 2. The largest absolute Gasteiger partial charge is 0.490 e. The normalized spacial score (nSPS) is 16.4. The standard InChI is InChI=1S/C17H23N3O4/c21-16(20-8-1-2-9-20)6-7-18-17(22)19-13-4-5-14-15(12-13)24-11-3-10-23-14/h4-5,12H,1-3,6-11H2,(H2,18,19,22). The van der Waals surface area contributed by atoms with Crippen LogP contribution in [0.3, 0.4) is 0 Å². The molecule has 1 aromatic carbocycles. The highest BCUT2D eigenvalue weighted by Crippen LogP contribution is 2.32. The van der Waals surface area contributed by atoms with E-state index in [1.54, 1.807) is 18.2 Å². The van der Waals surface area contributed by atoms with Gasteiger partial charge in [-0.15, -0.1) is 0 Å². The minimum absolute atomic E-state index is 0.100. The molecule has 0 unspecified atom stereocenters. The number of nitrogens with zero attached hydrogens (tertiary/aromatic N) is 1. The van der Waals surface area contributed by atoms with Gasteiger partial charge in [0.15, 0.2) is 11.5 Å². The van der Waals surface area contributed by atoms with Gasteiger partial charge in [0.2, 0.25) is 5.91 Å². The van der Waals surface area contributed by atoms with Crippen LogP contribution >= 0.6 is 0 Å². The zero-order valence-corrected chi connectivity index (χ0v) is 13.7. The van der Waals surface area contributed by atoms with Crippen LogP contribution in [0, 0.1) is 0 Å². The quantitative estimate of drug-likeness (QED) is 0.883. The van der Waals surface area contributed by atoms with Crippen molar-refractivity contribution in [1.82, 2.24) is 10.2 Å². The van der Waals surface area contributed by atoms with Gasteiger partial charge in [0, 0.05) is 44.2 Å². The molecule has 2 aliphatic heterocycles. The van der Waals surface area contributed by atoms with Crippen LogP contribution in [-0.4, -0.2) is 49.7 Å². The maximum absolute atomic E-state index is 11.9. The molecule has 0 atom stereocenters. The van der Waals surface area contributed by atoms with E-state index in [2.05, 4.69) is 10.6 Å². The number of fused-ring (bicyclic) bond motifs is 1. The molecule has 1 fully saturated rings. The number of carbonyl (C=O) groups is 2. The van der Waals surface area contributed by atoms with E-state index < -0.39 is 0 Å². The molecule has 3 amide bonds. The second-order valence-corrected chi connectivity index (χ2v) is 5.93. The number of hydrogen-bond donors (Lipinski definition) is 2. The van der Waals surface area contributed by atoms with Crippen molar-refractivity contribution < 1.29 is 19.1 Å². The third kappa shape index (κ3) is 4.31. The van der Waals surface area contributed by atoms with Gasteiger partial charge in [-0.05, 0) is 25.0 Å². The molecule has 0 saturated carbocycles. The summed E-state index contributed by atoms with van der Waals surface area (Å²) in [6.07, 6.45) is 3.31. The van der Waals surface area contributed by atoms with Gasteiger partial charge in [0.05, 0.1) is 13.2 Å². The van der Waals surface area contributed by atoms with E-state index in [0.717, 1.165) is 32.4 Å². The number of ether oxygens (including phenoxy) is 2.